The number of alkyl halides is 2. The van der Waals surface area contributed by atoms with E-state index in [4.69, 9.17) is 14.2 Å². The van der Waals surface area contributed by atoms with Gasteiger partial charge in [-0.15, -0.1) is 0 Å². The van der Waals surface area contributed by atoms with E-state index in [-0.39, 0.29) is 24.1 Å². The fourth-order valence-corrected chi connectivity index (χ4v) is 4.04. The van der Waals surface area contributed by atoms with Crippen molar-refractivity contribution in [3.05, 3.63) is 48.2 Å². The van der Waals surface area contributed by atoms with Crippen molar-refractivity contribution in [1.82, 2.24) is 15.2 Å². The minimum Gasteiger partial charge on any atom is -0.489 e. The van der Waals surface area contributed by atoms with Crippen LogP contribution in [0.5, 0.6) is 11.6 Å². The summed E-state index contributed by atoms with van der Waals surface area (Å²) < 4.78 is 41.2. The molecule has 3 heterocycles. The van der Waals surface area contributed by atoms with Crippen molar-refractivity contribution in [3.8, 4) is 11.6 Å². The Morgan fingerprint density at radius 1 is 1.21 bits per heavy atom. The lowest BCUT2D eigenvalue weighted by molar-refractivity contribution is 0.0526. The molecule has 1 N–H and O–H groups in total. The summed E-state index contributed by atoms with van der Waals surface area (Å²) in [5.41, 5.74) is 1.86. The molecule has 0 bridgehead atoms. The van der Waals surface area contributed by atoms with Crippen molar-refractivity contribution in [2.45, 2.75) is 31.9 Å². The summed E-state index contributed by atoms with van der Waals surface area (Å²) in [5.74, 6) is 0.950. The third kappa shape index (κ3) is 6.47. The summed E-state index contributed by atoms with van der Waals surface area (Å²) in [5, 5.41) is 3.03. The highest BCUT2D eigenvalue weighted by Crippen LogP contribution is 2.26. The van der Waals surface area contributed by atoms with E-state index < -0.39 is 13.0 Å². The summed E-state index contributed by atoms with van der Waals surface area (Å²) in [6, 6.07) is 11.0. The van der Waals surface area contributed by atoms with Gasteiger partial charge in [0.15, 0.2) is 6.61 Å². The van der Waals surface area contributed by atoms with E-state index >= 15 is 0 Å². The lowest BCUT2D eigenvalue weighted by Crippen LogP contribution is -2.46. The number of amides is 2. The van der Waals surface area contributed by atoms with Crippen molar-refractivity contribution in [2.24, 2.45) is 0 Å². The van der Waals surface area contributed by atoms with Gasteiger partial charge < -0.3 is 29.3 Å². The number of carbonyl (C=O) groups excluding carboxylic acids is 1. The third-order valence-corrected chi connectivity index (χ3v) is 5.91. The molecule has 0 saturated carbocycles. The molecule has 2 fully saturated rings. The predicted molar refractivity (Wildman–Crippen MR) is 123 cm³/mol. The van der Waals surface area contributed by atoms with E-state index in [1.54, 1.807) is 17.2 Å². The zero-order valence-electron chi connectivity index (χ0n) is 19.2. The zero-order valence-corrected chi connectivity index (χ0v) is 19.2. The minimum atomic E-state index is -2.54. The molecular weight excluding hydrogens is 446 g/mol. The molecule has 2 saturated heterocycles. The van der Waals surface area contributed by atoms with Crippen molar-refractivity contribution in [2.75, 3.05) is 50.9 Å². The highest BCUT2D eigenvalue weighted by atomic mass is 19.3. The van der Waals surface area contributed by atoms with Gasteiger partial charge in [0.25, 0.3) is 6.43 Å². The monoisotopic (exact) mass is 476 g/mol. The van der Waals surface area contributed by atoms with Crippen LogP contribution in [0.3, 0.4) is 0 Å². The molecule has 1 aromatic carbocycles. The molecule has 2 amide bonds. The average Bonchev–Trinajstić information content (AvgIpc) is 3.32. The van der Waals surface area contributed by atoms with Crippen LogP contribution in [-0.4, -0.2) is 74.4 Å². The second-order valence-corrected chi connectivity index (χ2v) is 8.37. The van der Waals surface area contributed by atoms with Crippen LogP contribution < -0.4 is 19.7 Å². The first kappa shape index (κ1) is 24.0. The van der Waals surface area contributed by atoms with E-state index in [2.05, 4.69) is 15.2 Å². The lowest BCUT2D eigenvalue weighted by Gasteiger charge is -2.28. The second kappa shape index (κ2) is 11.3. The van der Waals surface area contributed by atoms with Crippen LogP contribution >= 0.6 is 0 Å². The highest BCUT2D eigenvalue weighted by Gasteiger charge is 2.25. The van der Waals surface area contributed by atoms with Crippen LogP contribution in [0.1, 0.15) is 24.9 Å². The third-order valence-electron chi connectivity index (χ3n) is 5.91. The fourth-order valence-electron chi connectivity index (χ4n) is 4.04. The molecule has 0 spiro atoms. The van der Waals surface area contributed by atoms with Gasteiger partial charge in [-0.2, -0.15) is 0 Å². The smallest absolute Gasteiger partial charge is 0.318 e. The second-order valence-electron chi connectivity index (χ2n) is 8.37. The number of nitrogens with one attached hydrogen (secondary N) is 1. The summed E-state index contributed by atoms with van der Waals surface area (Å²) in [4.78, 5) is 20.3. The maximum absolute atomic E-state index is 12.4. The number of benzene rings is 1. The van der Waals surface area contributed by atoms with Crippen molar-refractivity contribution < 1.29 is 27.8 Å². The Balaban J connectivity index is 1.27. The number of carbonyl (C=O) groups is 1. The molecule has 2 atom stereocenters. The van der Waals surface area contributed by atoms with E-state index in [0.29, 0.717) is 32.8 Å². The van der Waals surface area contributed by atoms with Gasteiger partial charge in [0.05, 0.1) is 25.8 Å². The molecule has 184 valence electrons. The van der Waals surface area contributed by atoms with Crippen LogP contribution in [0.15, 0.2) is 42.6 Å². The largest absolute Gasteiger partial charge is 0.489 e. The molecule has 0 radical (unpaired) electrons. The molecule has 10 heteroatoms. The number of morpholine rings is 1. The van der Waals surface area contributed by atoms with E-state index in [1.165, 1.54) is 0 Å². The van der Waals surface area contributed by atoms with Gasteiger partial charge in [-0.25, -0.2) is 18.6 Å². The highest BCUT2D eigenvalue weighted by molar-refractivity contribution is 5.74. The standard InChI is InChI=1S/C24H30F2N4O4/c1-17(28-24(31)29-10-12-32-13-11-29)18-2-4-20(5-3-18)34-21-7-9-30(15-21)19-6-8-27-23(14-19)33-16-22(25)26/h2-6,8,14,17,21-22H,7,9-13,15-16H2,1H3,(H,28,31)/t17-,21?/m0/s1. The van der Waals surface area contributed by atoms with E-state index in [0.717, 1.165) is 30.0 Å². The molecule has 1 aromatic heterocycles. The Morgan fingerprint density at radius 3 is 2.71 bits per heavy atom. The van der Waals surface area contributed by atoms with Gasteiger partial charge in [-0.3, -0.25) is 0 Å². The van der Waals surface area contributed by atoms with Crippen LogP contribution in [-0.2, 0) is 4.74 Å². The molecule has 2 aliphatic rings. The zero-order chi connectivity index (χ0) is 23.9. The van der Waals surface area contributed by atoms with Crippen LogP contribution in [0.2, 0.25) is 0 Å². The van der Waals surface area contributed by atoms with Gasteiger partial charge in [0.2, 0.25) is 5.88 Å². The number of hydrogen-bond acceptors (Lipinski definition) is 6. The molecule has 2 aliphatic heterocycles. The van der Waals surface area contributed by atoms with Gasteiger partial charge in [0, 0.05) is 44.0 Å². The Morgan fingerprint density at radius 2 is 1.97 bits per heavy atom. The average molecular weight is 477 g/mol. The Bertz CT molecular complexity index is 941. The molecule has 4 rings (SSSR count). The molecular formula is C24H30F2N4O4. The molecule has 8 nitrogen and oxygen atoms in total. The number of hydrogen-bond donors (Lipinski definition) is 1. The predicted octanol–water partition coefficient (Wildman–Crippen LogP) is 3.49. The first-order valence-corrected chi connectivity index (χ1v) is 11.5. The number of pyridine rings is 1. The van der Waals surface area contributed by atoms with Crippen molar-refractivity contribution in [1.29, 1.82) is 0 Å². The molecule has 0 aliphatic carbocycles. The summed E-state index contributed by atoms with van der Waals surface area (Å²) in [6.07, 6.45) is -0.140. The summed E-state index contributed by atoms with van der Waals surface area (Å²) >= 11 is 0. The maximum atomic E-state index is 12.4. The number of halogens is 2. The lowest BCUT2D eigenvalue weighted by atomic mass is 10.1. The van der Waals surface area contributed by atoms with Crippen LogP contribution in [0.25, 0.3) is 0 Å². The summed E-state index contributed by atoms with van der Waals surface area (Å²) in [6.45, 7) is 5.09. The van der Waals surface area contributed by atoms with E-state index in [9.17, 15) is 13.6 Å². The first-order valence-electron chi connectivity index (χ1n) is 11.5. The summed E-state index contributed by atoms with van der Waals surface area (Å²) in [7, 11) is 0. The number of ether oxygens (including phenoxy) is 3. The number of anilines is 1. The number of nitrogens with zero attached hydrogens (tertiary/aromatic N) is 3. The SMILES string of the molecule is C[C@H](NC(=O)N1CCOCC1)c1ccc(OC2CCN(c3ccnc(OCC(F)F)c3)C2)cc1. The number of urea groups is 1. The Labute approximate surface area is 197 Å². The topological polar surface area (TPSA) is 76.2 Å². The van der Waals surface area contributed by atoms with Crippen molar-refractivity contribution >= 4 is 11.7 Å². The normalized spacial score (nSPS) is 19.2. The van der Waals surface area contributed by atoms with E-state index in [1.807, 2.05) is 37.3 Å². The van der Waals surface area contributed by atoms with Gasteiger partial charge in [-0.1, -0.05) is 12.1 Å². The molecule has 34 heavy (non-hydrogen) atoms. The quantitative estimate of drug-likeness (QED) is 0.629. The Hall–Kier alpha value is -3.14. The molecule has 1 unspecified atom stereocenters. The molecule has 2 aromatic rings. The minimum absolute atomic E-state index is 0.00268. The fraction of sp³-hybridized carbons (Fsp3) is 0.500. The number of rotatable bonds is 8. The Kier molecular flexibility index (Phi) is 7.99. The van der Waals surface area contributed by atoms with Gasteiger partial charge in [0.1, 0.15) is 11.9 Å². The van der Waals surface area contributed by atoms with Crippen molar-refractivity contribution in [3.63, 3.8) is 0 Å². The number of aromatic nitrogens is 1. The van der Waals surface area contributed by atoms with Crippen LogP contribution in [0, 0.1) is 0 Å². The van der Waals surface area contributed by atoms with Gasteiger partial charge in [-0.05, 0) is 30.7 Å². The maximum Gasteiger partial charge on any atom is 0.318 e. The van der Waals surface area contributed by atoms with Gasteiger partial charge >= 0.3 is 6.03 Å². The van der Waals surface area contributed by atoms with Crippen LogP contribution in [0.4, 0.5) is 19.3 Å². The first-order chi connectivity index (χ1) is 16.5.